The van der Waals surface area contributed by atoms with Crippen LogP contribution in [0.2, 0.25) is 0 Å². The van der Waals surface area contributed by atoms with E-state index < -0.39 is 0 Å². The van der Waals surface area contributed by atoms with Gasteiger partial charge in [0.05, 0.1) is 0 Å². The third kappa shape index (κ3) is 6.66. The van der Waals surface area contributed by atoms with E-state index in [1.807, 2.05) is 0 Å². The Kier molecular flexibility index (Phi) is 8.36. The molecule has 1 unspecified atom stereocenters. The lowest BCUT2D eigenvalue weighted by Crippen LogP contribution is -2.15. The second kappa shape index (κ2) is 9.89. The summed E-state index contributed by atoms with van der Waals surface area (Å²) in [5, 5.41) is 3.66. The number of benzene rings is 1. The molecule has 1 heteroatoms. The highest BCUT2D eigenvalue weighted by Gasteiger charge is 2.05. The monoisotopic (exact) mass is 261 g/mol. The number of para-hydroxylation sites is 1. The zero-order chi connectivity index (χ0) is 13.9. The van der Waals surface area contributed by atoms with Crippen LogP contribution in [0.3, 0.4) is 0 Å². The maximum absolute atomic E-state index is 3.66. The van der Waals surface area contributed by atoms with Crippen LogP contribution in [-0.4, -0.2) is 6.04 Å². The largest absolute Gasteiger partial charge is 0.382 e. The standard InChI is InChI=1S/C18H31N/c1-4-6-7-8-9-13-17-14-10-11-15-18(17)19-16(3)12-5-2/h10-11,14-16,19H,4-9,12-13H2,1-3H3. The molecule has 1 N–H and O–H groups in total. The average Bonchev–Trinajstić information content (AvgIpc) is 2.40. The van der Waals surface area contributed by atoms with Crippen LogP contribution in [0.4, 0.5) is 5.69 Å². The first-order valence-electron chi connectivity index (χ1n) is 8.12. The molecule has 0 bridgehead atoms. The quantitative estimate of drug-likeness (QED) is 0.525. The summed E-state index contributed by atoms with van der Waals surface area (Å²) >= 11 is 0. The molecule has 1 aromatic rings. The third-order valence-corrected chi connectivity index (χ3v) is 3.69. The zero-order valence-corrected chi connectivity index (χ0v) is 13.0. The van der Waals surface area contributed by atoms with Crippen LogP contribution in [0, 0.1) is 0 Å². The van der Waals surface area contributed by atoms with Crippen molar-refractivity contribution in [1.29, 1.82) is 0 Å². The topological polar surface area (TPSA) is 12.0 Å². The van der Waals surface area contributed by atoms with Gasteiger partial charge in [0, 0.05) is 11.7 Å². The van der Waals surface area contributed by atoms with Gasteiger partial charge in [0.15, 0.2) is 0 Å². The summed E-state index contributed by atoms with van der Waals surface area (Å²) in [6, 6.07) is 9.39. The first-order chi connectivity index (χ1) is 9.27. The number of anilines is 1. The lowest BCUT2D eigenvalue weighted by atomic mass is 10.0. The zero-order valence-electron chi connectivity index (χ0n) is 13.0. The summed E-state index contributed by atoms with van der Waals surface area (Å²) in [5.41, 5.74) is 2.83. The van der Waals surface area contributed by atoms with Gasteiger partial charge in [-0.25, -0.2) is 0 Å². The molecule has 0 aliphatic rings. The molecule has 1 aromatic carbocycles. The van der Waals surface area contributed by atoms with E-state index in [4.69, 9.17) is 0 Å². The van der Waals surface area contributed by atoms with Gasteiger partial charge < -0.3 is 5.32 Å². The van der Waals surface area contributed by atoms with Gasteiger partial charge in [-0.2, -0.15) is 0 Å². The Morgan fingerprint density at radius 3 is 2.42 bits per heavy atom. The van der Waals surface area contributed by atoms with E-state index in [-0.39, 0.29) is 0 Å². The number of nitrogens with one attached hydrogen (secondary N) is 1. The second-order valence-electron chi connectivity index (χ2n) is 5.66. The van der Waals surface area contributed by atoms with Crippen molar-refractivity contribution in [2.45, 2.75) is 78.2 Å². The normalized spacial score (nSPS) is 12.4. The fourth-order valence-electron chi connectivity index (χ4n) is 2.57. The number of aryl methyl sites for hydroxylation is 1. The van der Waals surface area contributed by atoms with E-state index in [2.05, 4.69) is 50.4 Å². The van der Waals surface area contributed by atoms with E-state index in [0.717, 1.165) is 0 Å². The van der Waals surface area contributed by atoms with Gasteiger partial charge in [-0.05, 0) is 37.8 Å². The number of unbranched alkanes of at least 4 members (excludes halogenated alkanes) is 4. The molecule has 1 rings (SSSR count). The first-order valence-corrected chi connectivity index (χ1v) is 8.12. The molecule has 1 nitrogen and oxygen atoms in total. The van der Waals surface area contributed by atoms with Crippen molar-refractivity contribution in [2.24, 2.45) is 0 Å². The van der Waals surface area contributed by atoms with Crippen molar-refractivity contribution in [2.75, 3.05) is 5.32 Å². The predicted octanol–water partition coefficient (Wildman–Crippen LogP) is 5.80. The van der Waals surface area contributed by atoms with Gasteiger partial charge >= 0.3 is 0 Å². The minimum atomic E-state index is 0.575. The second-order valence-corrected chi connectivity index (χ2v) is 5.66. The van der Waals surface area contributed by atoms with Gasteiger partial charge in [0.1, 0.15) is 0 Å². The van der Waals surface area contributed by atoms with Gasteiger partial charge in [-0.3, -0.25) is 0 Å². The summed E-state index contributed by atoms with van der Waals surface area (Å²) in [4.78, 5) is 0. The maximum atomic E-state index is 3.66. The molecule has 0 spiro atoms. The lowest BCUT2D eigenvalue weighted by Gasteiger charge is -2.17. The summed E-state index contributed by atoms with van der Waals surface area (Å²) in [7, 11) is 0. The van der Waals surface area contributed by atoms with Crippen molar-refractivity contribution < 1.29 is 0 Å². The van der Waals surface area contributed by atoms with E-state index in [0.29, 0.717) is 6.04 Å². The molecular weight excluding hydrogens is 230 g/mol. The Morgan fingerprint density at radius 2 is 1.68 bits per heavy atom. The first kappa shape index (κ1) is 16.1. The third-order valence-electron chi connectivity index (χ3n) is 3.69. The summed E-state index contributed by atoms with van der Waals surface area (Å²) < 4.78 is 0. The highest BCUT2D eigenvalue weighted by molar-refractivity contribution is 5.51. The molecule has 108 valence electrons. The summed E-state index contributed by atoms with van der Waals surface area (Å²) in [6.45, 7) is 6.80. The molecule has 0 saturated carbocycles. The van der Waals surface area contributed by atoms with Crippen LogP contribution in [0.5, 0.6) is 0 Å². The Bertz CT molecular complexity index is 332. The molecule has 0 aromatic heterocycles. The molecule has 1 atom stereocenters. The van der Waals surface area contributed by atoms with Gasteiger partial charge in [-0.1, -0.05) is 64.2 Å². The molecule has 19 heavy (non-hydrogen) atoms. The van der Waals surface area contributed by atoms with Crippen LogP contribution < -0.4 is 5.32 Å². The Morgan fingerprint density at radius 1 is 0.947 bits per heavy atom. The molecular formula is C18H31N. The van der Waals surface area contributed by atoms with Gasteiger partial charge in [0.2, 0.25) is 0 Å². The van der Waals surface area contributed by atoms with E-state index in [1.165, 1.54) is 62.6 Å². The van der Waals surface area contributed by atoms with Crippen LogP contribution in [-0.2, 0) is 6.42 Å². The van der Waals surface area contributed by atoms with Crippen molar-refractivity contribution in [3.05, 3.63) is 29.8 Å². The Balaban J connectivity index is 2.43. The molecule has 0 saturated heterocycles. The fourth-order valence-corrected chi connectivity index (χ4v) is 2.57. The molecule has 0 fully saturated rings. The molecule has 0 aliphatic heterocycles. The van der Waals surface area contributed by atoms with Gasteiger partial charge in [-0.15, -0.1) is 0 Å². The highest BCUT2D eigenvalue weighted by Crippen LogP contribution is 2.20. The predicted molar refractivity (Wildman–Crippen MR) is 86.9 cm³/mol. The average molecular weight is 261 g/mol. The van der Waals surface area contributed by atoms with Crippen molar-refractivity contribution >= 4 is 5.69 Å². The number of hydrogen-bond acceptors (Lipinski definition) is 1. The summed E-state index contributed by atoms with van der Waals surface area (Å²) in [5.74, 6) is 0. The SMILES string of the molecule is CCCCCCCc1ccccc1NC(C)CCC. The van der Waals surface area contributed by atoms with Crippen molar-refractivity contribution in [1.82, 2.24) is 0 Å². The number of rotatable bonds is 10. The maximum Gasteiger partial charge on any atom is 0.0374 e. The highest BCUT2D eigenvalue weighted by atomic mass is 14.9. The minimum absolute atomic E-state index is 0.575. The fraction of sp³-hybridized carbons (Fsp3) is 0.667. The lowest BCUT2D eigenvalue weighted by molar-refractivity contribution is 0.631. The van der Waals surface area contributed by atoms with E-state index in [9.17, 15) is 0 Å². The van der Waals surface area contributed by atoms with Gasteiger partial charge in [0.25, 0.3) is 0 Å². The van der Waals surface area contributed by atoms with Crippen LogP contribution in [0.25, 0.3) is 0 Å². The minimum Gasteiger partial charge on any atom is -0.382 e. The Hall–Kier alpha value is -0.980. The van der Waals surface area contributed by atoms with Crippen LogP contribution in [0.1, 0.15) is 71.3 Å². The van der Waals surface area contributed by atoms with E-state index >= 15 is 0 Å². The van der Waals surface area contributed by atoms with E-state index in [1.54, 1.807) is 0 Å². The molecule has 0 radical (unpaired) electrons. The molecule has 0 heterocycles. The molecule has 0 aliphatic carbocycles. The Labute approximate surface area is 119 Å². The summed E-state index contributed by atoms with van der Waals surface area (Å²) in [6.07, 6.45) is 10.5. The van der Waals surface area contributed by atoms with Crippen LogP contribution in [0.15, 0.2) is 24.3 Å². The van der Waals surface area contributed by atoms with Crippen molar-refractivity contribution in [3.63, 3.8) is 0 Å². The smallest absolute Gasteiger partial charge is 0.0374 e. The molecule has 0 amide bonds. The van der Waals surface area contributed by atoms with Crippen LogP contribution >= 0.6 is 0 Å². The number of hydrogen-bond donors (Lipinski definition) is 1. The van der Waals surface area contributed by atoms with Crippen molar-refractivity contribution in [3.8, 4) is 0 Å².